The zero-order valence-electron chi connectivity index (χ0n) is 7.45. The predicted octanol–water partition coefficient (Wildman–Crippen LogP) is 2.26. The summed E-state index contributed by atoms with van der Waals surface area (Å²) < 4.78 is 0.934. The molecule has 0 spiro atoms. The van der Waals surface area contributed by atoms with E-state index < -0.39 is 0 Å². The van der Waals surface area contributed by atoms with Crippen molar-refractivity contribution in [3.05, 3.63) is 49.7 Å². The van der Waals surface area contributed by atoms with Crippen molar-refractivity contribution in [1.82, 2.24) is 0 Å². The summed E-state index contributed by atoms with van der Waals surface area (Å²) in [4.78, 5) is 0. The van der Waals surface area contributed by atoms with Crippen LogP contribution in [0.1, 0.15) is 0 Å². The highest BCUT2D eigenvalue weighted by Crippen LogP contribution is 2.12. The molecule has 0 amide bonds. The summed E-state index contributed by atoms with van der Waals surface area (Å²) >= 11 is 0. The van der Waals surface area contributed by atoms with Gasteiger partial charge in [-0.15, -0.1) is 0 Å². The number of rotatable bonds is 4. The zero-order chi connectivity index (χ0) is 8.86. The first-order chi connectivity index (χ1) is 5.83. The quantitative estimate of drug-likeness (QED) is 0.439. The van der Waals surface area contributed by atoms with Gasteiger partial charge in [0.15, 0.2) is 0 Å². The lowest BCUT2D eigenvalue weighted by molar-refractivity contribution is -0.862. The molecule has 1 aliphatic rings. The summed E-state index contributed by atoms with van der Waals surface area (Å²) in [7, 11) is 0. The molecule has 1 nitrogen and oxygen atoms in total. The molecule has 0 aromatic carbocycles. The third-order valence-electron chi connectivity index (χ3n) is 2.10. The molecule has 0 saturated heterocycles. The van der Waals surface area contributed by atoms with Crippen LogP contribution in [0, 0.1) is 0 Å². The van der Waals surface area contributed by atoms with Crippen molar-refractivity contribution in [3.63, 3.8) is 0 Å². The number of hydrogen-bond acceptors (Lipinski definition) is 0. The van der Waals surface area contributed by atoms with E-state index in [0.717, 1.165) is 24.1 Å². The maximum Gasteiger partial charge on any atom is 0.102 e. The molecule has 0 unspecified atom stereocenters. The van der Waals surface area contributed by atoms with Crippen molar-refractivity contribution in [2.75, 3.05) is 19.6 Å². The Labute approximate surface area is 74.6 Å². The molecule has 0 aromatic rings. The minimum absolute atomic E-state index is 0.934. The highest BCUT2D eigenvalue weighted by Gasteiger charge is 2.20. The van der Waals surface area contributed by atoms with Gasteiger partial charge in [0, 0.05) is 0 Å². The summed E-state index contributed by atoms with van der Waals surface area (Å²) in [5, 5.41) is 0. The molecule has 1 rings (SSSR count). The van der Waals surface area contributed by atoms with Crippen LogP contribution in [0.5, 0.6) is 0 Å². The van der Waals surface area contributed by atoms with Gasteiger partial charge in [-0.05, 0) is 24.3 Å². The van der Waals surface area contributed by atoms with E-state index in [9.17, 15) is 0 Å². The van der Waals surface area contributed by atoms with Gasteiger partial charge in [0.05, 0.1) is 6.20 Å². The molecule has 0 aliphatic carbocycles. The molecule has 0 saturated carbocycles. The second kappa shape index (κ2) is 4.07. The molecule has 0 atom stereocenters. The van der Waals surface area contributed by atoms with Crippen LogP contribution < -0.4 is 0 Å². The molecule has 1 heterocycles. The van der Waals surface area contributed by atoms with Crippen LogP contribution in [0.4, 0.5) is 0 Å². The number of nitrogens with zero attached hydrogens (tertiary/aromatic N) is 1. The molecular weight excluding hydrogens is 146 g/mol. The Bertz CT molecular complexity index is 208. The van der Waals surface area contributed by atoms with Crippen molar-refractivity contribution >= 4 is 0 Å². The van der Waals surface area contributed by atoms with Gasteiger partial charge in [-0.1, -0.05) is 19.2 Å². The first-order valence-electron chi connectivity index (χ1n) is 4.25. The third kappa shape index (κ3) is 1.95. The Morgan fingerprint density at radius 1 is 1.17 bits per heavy atom. The van der Waals surface area contributed by atoms with Crippen LogP contribution in [0.2, 0.25) is 0 Å². The average molecular weight is 162 g/mol. The van der Waals surface area contributed by atoms with Crippen LogP contribution in [0.15, 0.2) is 49.7 Å². The first kappa shape index (κ1) is 9.01. The number of hydrogen-bond donors (Lipinski definition) is 0. The van der Waals surface area contributed by atoms with E-state index in [2.05, 4.69) is 37.6 Å². The van der Waals surface area contributed by atoms with Crippen LogP contribution in [-0.4, -0.2) is 24.1 Å². The van der Waals surface area contributed by atoms with Gasteiger partial charge >= 0.3 is 0 Å². The summed E-state index contributed by atoms with van der Waals surface area (Å²) in [5.74, 6) is 0. The summed E-state index contributed by atoms with van der Waals surface area (Å²) in [6, 6.07) is 0. The fourth-order valence-corrected chi connectivity index (χ4v) is 1.50. The fraction of sp³-hybridized carbons (Fsp3) is 0.273. The Hall–Kier alpha value is -1.08. The van der Waals surface area contributed by atoms with Crippen LogP contribution in [0.25, 0.3) is 0 Å². The fourth-order valence-electron chi connectivity index (χ4n) is 1.50. The van der Waals surface area contributed by atoms with Crippen molar-refractivity contribution in [2.45, 2.75) is 0 Å². The van der Waals surface area contributed by atoms with Gasteiger partial charge < -0.3 is 0 Å². The van der Waals surface area contributed by atoms with E-state index in [1.165, 1.54) is 0 Å². The third-order valence-corrected chi connectivity index (χ3v) is 2.10. The molecule has 0 radical (unpaired) electrons. The van der Waals surface area contributed by atoms with Crippen molar-refractivity contribution in [3.8, 4) is 0 Å². The second-order valence-electron chi connectivity index (χ2n) is 3.11. The molecule has 0 fully saturated rings. The Morgan fingerprint density at radius 3 is 2.25 bits per heavy atom. The van der Waals surface area contributed by atoms with Gasteiger partial charge in [-0.2, -0.15) is 0 Å². The standard InChI is InChI=1S/C11H16N/c1-3-8-12(9-4-2)10-6-5-7-11-12/h3-7,10H,1-2,8-9,11H2/q+1. The van der Waals surface area contributed by atoms with Crippen molar-refractivity contribution in [1.29, 1.82) is 0 Å². The number of allylic oxidation sites excluding steroid dienone is 2. The predicted molar refractivity (Wildman–Crippen MR) is 53.5 cm³/mol. The van der Waals surface area contributed by atoms with Crippen LogP contribution in [0.3, 0.4) is 0 Å². The molecule has 0 aromatic heterocycles. The minimum Gasteiger partial charge on any atom is -0.288 e. The lowest BCUT2D eigenvalue weighted by Gasteiger charge is -2.33. The largest absolute Gasteiger partial charge is 0.288 e. The second-order valence-corrected chi connectivity index (χ2v) is 3.11. The van der Waals surface area contributed by atoms with Gasteiger partial charge in [-0.3, -0.25) is 4.48 Å². The van der Waals surface area contributed by atoms with Crippen molar-refractivity contribution in [2.24, 2.45) is 0 Å². The highest BCUT2D eigenvalue weighted by atomic mass is 15.3. The van der Waals surface area contributed by atoms with E-state index in [-0.39, 0.29) is 0 Å². The van der Waals surface area contributed by atoms with Crippen LogP contribution >= 0.6 is 0 Å². The molecule has 0 N–H and O–H groups in total. The summed E-state index contributed by atoms with van der Waals surface area (Å²) in [6.45, 7) is 10.6. The first-order valence-corrected chi connectivity index (χ1v) is 4.25. The molecular formula is C11H16N+. The monoisotopic (exact) mass is 162 g/mol. The normalized spacial score (nSPS) is 19.0. The topological polar surface area (TPSA) is 0 Å². The van der Waals surface area contributed by atoms with Gasteiger partial charge in [0.1, 0.15) is 19.6 Å². The van der Waals surface area contributed by atoms with Crippen LogP contribution in [-0.2, 0) is 0 Å². The SMILES string of the molecule is C=CC[N+]1(CC=C)C=CC=CC1. The van der Waals surface area contributed by atoms with Gasteiger partial charge in [-0.25, -0.2) is 0 Å². The average Bonchev–Trinajstić information content (AvgIpc) is 2.07. The van der Waals surface area contributed by atoms with E-state index in [1.807, 2.05) is 12.2 Å². The summed E-state index contributed by atoms with van der Waals surface area (Å²) in [6.07, 6.45) is 12.5. The molecule has 0 bridgehead atoms. The van der Waals surface area contributed by atoms with E-state index in [4.69, 9.17) is 0 Å². The lowest BCUT2D eigenvalue weighted by atomic mass is 10.2. The minimum atomic E-state index is 0.934. The van der Waals surface area contributed by atoms with Gasteiger partial charge in [0.2, 0.25) is 0 Å². The summed E-state index contributed by atoms with van der Waals surface area (Å²) in [5.41, 5.74) is 0. The van der Waals surface area contributed by atoms with E-state index in [0.29, 0.717) is 0 Å². The van der Waals surface area contributed by atoms with Gasteiger partial charge in [0.25, 0.3) is 0 Å². The molecule has 12 heavy (non-hydrogen) atoms. The zero-order valence-corrected chi connectivity index (χ0v) is 7.45. The van der Waals surface area contributed by atoms with E-state index >= 15 is 0 Å². The molecule has 1 aliphatic heterocycles. The Morgan fingerprint density at radius 2 is 1.83 bits per heavy atom. The molecule has 64 valence electrons. The Kier molecular flexibility index (Phi) is 3.06. The highest BCUT2D eigenvalue weighted by molar-refractivity contribution is 5.04. The lowest BCUT2D eigenvalue weighted by Crippen LogP contribution is -2.43. The maximum atomic E-state index is 3.77. The number of quaternary nitrogens is 1. The van der Waals surface area contributed by atoms with E-state index in [1.54, 1.807) is 0 Å². The molecule has 1 heteroatoms. The Balaban J connectivity index is 2.71. The maximum absolute atomic E-state index is 3.77. The smallest absolute Gasteiger partial charge is 0.102 e. The van der Waals surface area contributed by atoms with Crippen molar-refractivity contribution < 1.29 is 4.48 Å².